The normalized spacial score (nSPS) is 8.12. The fourth-order valence-electron chi connectivity index (χ4n) is 0. The van der Waals surface area contributed by atoms with Gasteiger partial charge in [0.15, 0.2) is 0 Å². The predicted octanol–water partition coefficient (Wildman–Crippen LogP) is -5.94. The summed E-state index contributed by atoms with van der Waals surface area (Å²) in [6.07, 6.45) is 0. The van der Waals surface area contributed by atoms with Crippen LogP contribution in [0.25, 0.3) is 0 Å². The van der Waals surface area contributed by atoms with Crippen LogP contribution in [0, 0.1) is 0 Å². The Labute approximate surface area is 97.7 Å². The van der Waals surface area contributed by atoms with Crippen molar-refractivity contribution in [1.29, 1.82) is 0 Å². The molecule has 0 saturated carbocycles. The number of hydrogen-bond donors (Lipinski definition) is 0. The van der Waals surface area contributed by atoms with E-state index in [9.17, 15) is 0 Å². The second-order valence-electron chi connectivity index (χ2n) is 0.447. The van der Waals surface area contributed by atoms with Gasteiger partial charge in [0.2, 0.25) is 0 Å². The van der Waals surface area contributed by atoms with Crippen molar-refractivity contribution >= 4 is 7.82 Å². The Bertz CT molecular complexity index is 68.2. The van der Waals surface area contributed by atoms with Gasteiger partial charge in [-0.3, -0.25) is 0 Å². The third kappa shape index (κ3) is 91.1. The van der Waals surface area contributed by atoms with Crippen molar-refractivity contribution in [2.75, 3.05) is 0 Å². The van der Waals surface area contributed by atoms with E-state index < -0.39 is 7.82 Å². The van der Waals surface area contributed by atoms with Gasteiger partial charge in [0.1, 0.15) is 0 Å². The van der Waals surface area contributed by atoms with Crippen LogP contribution in [0.5, 0.6) is 0 Å². The van der Waals surface area contributed by atoms with Gasteiger partial charge in [-0.1, -0.05) is 0 Å². The van der Waals surface area contributed by atoms with E-state index in [-0.39, 0.29) is 51.4 Å². The molecule has 0 aliphatic carbocycles. The quantitative estimate of drug-likeness (QED) is 0.286. The molecule has 8 heavy (non-hydrogen) atoms. The average Bonchev–Trinajstić information content (AvgIpc) is 1.36. The maximum absolute atomic E-state index is 8.55. The molecule has 8 heteroatoms. The van der Waals surface area contributed by atoms with Crippen molar-refractivity contribution in [1.82, 2.24) is 0 Å². The SMILES string of the molecule is O=P([O-])([O-])[O-].[K+].[O]=[V+2]. The molecular formula is KO5PV. The number of hydrogen-bond acceptors (Lipinski definition) is 5. The molecule has 5 nitrogen and oxygen atoms in total. The first-order chi connectivity index (χ1) is 3.00. The summed E-state index contributed by atoms with van der Waals surface area (Å²) in [5.74, 6) is 0. The van der Waals surface area contributed by atoms with E-state index in [1.165, 1.54) is 0 Å². The van der Waals surface area contributed by atoms with Gasteiger partial charge in [-0.2, -0.15) is 7.82 Å². The molecule has 0 amide bonds. The van der Waals surface area contributed by atoms with Gasteiger partial charge in [0.25, 0.3) is 0 Å². The third-order valence-corrected chi connectivity index (χ3v) is 0. The van der Waals surface area contributed by atoms with E-state index in [4.69, 9.17) is 22.9 Å². The Kier molecular flexibility index (Phi) is 19.0. The van der Waals surface area contributed by atoms with E-state index in [1.54, 1.807) is 0 Å². The van der Waals surface area contributed by atoms with Crippen LogP contribution in [0.1, 0.15) is 0 Å². The fraction of sp³-hybridized carbons (Fsp3) is 0. The second kappa shape index (κ2) is 9.13. The summed E-state index contributed by atoms with van der Waals surface area (Å²) in [4.78, 5) is 25.6. The van der Waals surface area contributed by atoms with E-state index in [1.807, 2.05) is 0 Å². The first-order valence-electron chi connectivity index (χ1n) is 0.913. The van der Waals surface area contributed by atoms with Gasteiger partial charge >= 0.3 is 72.4 Å². The molecule has 0 bridgehead atoms. The topological polar surface area (TPSA) is 103 Å². The Hall–Kier alpha value is 2.13. The van der Waals surface area contributed by atoms with Crippen molar-refractivity contribution in [2.24, 2.45) is 0 Å². The van der Waals surface area contributed by atoms with Crippen LogP contribution in [0.2, 0.25) is 0 Å². The Morgan fingerprint density at radius 3 is 1.12 bits per heavy atom. The molecule has 0 unspecified atom stereocenters. The molecule has 0 aromatic heterocycles. The van der Waals surface area contributed by atoms with Gasteiger partial charge in [-0.05, 0) is 0 Å². The summed E-state index contributed by atoms with van der Waals surface area (Å²) in [5, 5.41) is 0. The molecular weight excluding hydrogens is 201 g/mol. The number of rotatable bonds is 0. The molecule has 0 spiro atoms. The minimum atomic E-state index is -5.39. The molecule has 0 aliphatic heterocycles. The summed E-state index contributed by atoms with van der Waals surface area (Å²) in [6.45, 7) is 0. The standard InChI is InChI=1S/K.H3O4P.O.V/c;1-5(2,3)4;;/h;(H3,1,2,3,4);;/q+1;;;+2/p-3. The van der Waals surface area contributed by atoms with Crippen molar-refractivity contribution in [2.45, 2.75) is 0 Å². The molecule has 0 fully saturated rings. The van der Waals surface area contributed by atoms with Crippen LogP contribution in [0.4, 0.5) is 0 Å². The van der Waals surface area contributed by atoms with Crippen LogP contribution in [0.15, 0.2) is 0 Å². The average molecular weight is 201 g/mol. The summed E-state index contributed by atoms with van der Waals surface area (Å²) < 4.78 is 16.7. The summed E-state index contributed by atoms with van der Waals surface area (Å²) in [6, 6.07) is 0. The van der Waals surface area contributed by atoms with Crippen LogP contribution in [-0.2, 0) is 25.6 Å². The first kappa shape index (κ1) is 16.6. The Morgan fingerprint density at radius 1 is 1.12 bits per heavy atom. The summed E-state index contributed by atoms with van der Waals surface area (Å²) in [5.41, 5.74) is 0. The second-order valence-corrected chi connectivity index (χ2v) is 1.34. The monoisotopic (exact) mass is 201 g/mol. The molecule has 0 aliphatic rings. The van der Waals surface area contributed by atoms with Crippen LogP contribution < -0.4 is 66.1 Å². The number of phosphoric acid groups is 1. The molecule has 0 aromatic rings. The maximum atomic E-state index is 8.55. The van der Waals surface area contributed by atoms with Gasteiger partial charge in [-0.15, -0.1) is 0 Å². The van der Waals surface area contributed by atoms with Gasteiger partial charge in [0, 0.05) is 0 Å². The van der Waals surface area contributed by atoms with Crippen LogP contribution in [-0.4, -0.2) is 0 Å². The molecule has 0 rings (SSSR count). The summed E-state index contributed by atoms with van der Waals surface area (Å²) in [7, 11) is -5.39. The minimum absolute atomic E-state index is 0. The van der Waals surface area contributed by atoms with Gasteiger partial charge < -0.3 is 19.2 Å². The molecule has 0 N–H and O–H groups in total. The Balaban J connectivity index is -0.0000000750. The van der Waals surface area contributed by atoms with Crippen molar-refractivity contribution in [3.05, 3.63) is 0 Å². The van der Waals surface area contributed by atoms with Crippen molar-refractivity contribution < 1.29 is 91.7 Å². The zero-order valence-corrected chi connectivity index (χ0v) is 9.35. The Morgan fingerprint density at radius 2 is 1.12 bits per heavy atom. The summed E-state index contributed by atoms with van der Waals surface area (Å²) >= 11 is 1.06. The van der Waals surface area contributed by atoms with Gasteiger partial charge in [0.05, 0.1) is 0 Å². The molecule has 0 radical (unpaired) electrons. The first-order valence-corrected chi connectivity index (χ1v) is 2.94. The zero-order valence-electron chi connectivity index (χ0n) is 3.94. The zero-order chi connectivity index (χ0) is 6.50. The molecule has 0 saturated heterocycles. The fourth-order valence-corrected chi connectivity index (χ4v) is 0. The van der Waals surface area contributed by atoms with Crippen LogP contribution in [0.3, 0.4) is 0 Å². The van der Waals surface area contributed by atoms with Crippen molar-refractivity contribution in [3.63, 3.8) is 0 Å². The molecule has 0 atom stereocenters. The van der Waals surface area contributed by atoms with Crippen molar-refractivity contribution in [3.8, 4) is 0 Å². The predicted molar refractivity (Wildman–Crippen MR) is 8.29 cm³/mol. The van der Waals surface area contributed by atoms with Crippen LogP contribution >= 0.6 is 7.82 Å². The molecule has 0 aromatic carbocycles. The van der Waals surface area contributed by atoms with E-state index >= 15 is 0 Å². The third-order valence-electron chi connectivity index (χ3n) is 0. The van der Waals surface area contributed by atoms with Gasteiger partial charge in [-0.25, -0.2) is 0 Å². The molecule has 41 valence electrons. The molecule has 0 heterocycles. The van der Waals surface area contributed by atoms with E-state index in [2.05, 4.69) is 0 Å². The van der Waals surface area contributed by atoms with E-state index in [0.29, 0.717) is 0 Å². The van der Waals surface area contributed by atoms with E-state index in [0.717, 1.165) is 17.4 Å².